The third-order valence-corrected chi connectivity index (χ3v) is 2.86. The fourth-order valence-electron chi connectivity index (χ4n) is 1.69. The molecule has 2 rings (SSSR count). The van der Waals surface area contributed by atoms with Gasteiger partial charge in [0, 0.05) is 11.1 Å². The van der Waals surface area contributed by atoms with Gasteiger partial charge in [0.15, 0.2) is 0 Å². The molecule has 0 N–H and O–H groups in total. The summed E-state index contributed by atoms with van der Waals surface area (Å²) in [6.45, 7) is 0. The van der Waals surface area contributed by atoms with Crippen LogP contribution in [0.25, 0.3) is 11.1 Å². The summed E-state index contributed by atoms with van der Waals surface area (Å²) in [5, 5.41) is 0.632. The lowest BCUT2D eigenvalue weighted by molar-refractivity contribution is 0.415. The Kier molecular flexibility index (Phi) is 3.37. The number of benzene rings is 2. The van der Waals surface area contributed by atoms with Gasteiger partial charge < -0.3 is 4.74 Å². The van der Waals surface area contributed by atoms with Crippen LogP contribution in [0.3, 0.4) is 0 Å². The fourth-order valence-corrected chi connectivity index (χ4v) is 1.96. The standard InChI is InChI=1S/C15H11ClO/c1-3-11-6-4-5-7-13(11)14-9-8-12(17-2)10-15(14)16/h1,4-10H,2H3. The van der Waals surface area contributed by atoms with E-state index in [2.05, 4.69) is 5.92 Å². The molecule has 17 heavy (non-hydrogen) atoms. The molecule has 0 fully saturated rings. The summed E-state index contributed by atoms with van der Waals surface area (Å²) >= 11 is 6.22. The fraction of sp³-hybridized carbons (Fsp3) is 0.0667. The van der Waals surface area contributed by atoms with E-state index >= 15 is 0 Å². The second-order valence-electron chi connectivity index (χ2n) is 3.54. The SMILES string of the molecule is C#Cc1ccccc1-c1ccc(OC)cc1Cl. The number of methoxy groups -OCH3 is 1. The van der Waals surface area contributed by atoms with Crippen molar-refractivity contribution in [1.82, 2.24) is 0 Å². The van der Waals surface area contributed by atoms with Gasteiger partial charge in [-0.1, -0.05) is 35.7 Å². The molecule has 0 spiro atoms. The van der Waals surface area contributed by atoms with Crippen molar-refractivity contribution in [3.63, 3.8) is 0 Å². The Morgan fingerprint density at radius 1 is 1.12 bits per heavy atom. The van der Waals surface area contributed by atoms with E-state index in [9.17, 15) is 0 Å². The van der Waals surface area contributed by atoms with Crippen molar-refractivity contribution in [1.29, 1.82) is 0 Å². The Labute approximate surface area is 106 Å². The lowest BCUT2D eigenvalue weighted by atomic mass is 10.00. The summed E-state index contributed by atoms with van der Waals surface area (Å²) in [7, 11) is 1.61. The summed E-state index contributed by atoms with van der Waals surface area (Å²) in [6, 6.07) is 13.3. The summed E-state index contributed by atoms with van der Waals surface area (Å²) in [6.07, 6.45) is 5.48. The number of hydrogen-bond acceptors (Lipinski definition) is 1. The highest BCUT2D eigenvalue weighted by Crippen LogP contribution is 2.32. The molecular weight excluding hydrogens is 232 g/mol. The number of terminal acetylenes is 1. The average molecular weight is 243 g/mol. The van der Waals surface area contributed by atoms with E-state index in [1.807, 2.05) is 36.4 Å². The smallest absolute Gasteiger partial charge is 0.120 e. The zero-order chi connectivity index (χ0) is 12.3. The molecule has 0 amide bonds. The minimum Gasteiger partial charge on any atom is -0.497 e. The Hall–Kier alpha value is -1.91. The molecule has 0 aliphatic rings. The summed E-state index contributed by atoms with van der Waals surface area (Å²) < 4.78 is 5.12. The van der Waals surface area contributed by atoms with Crippen LogP contribution >= 0.6 is 11.6 Å². The van der Waals surface area contributed by atoms with Crippen LogP contribution in [0.4, 0.5) is 0 Å². The van der Waals surface area contributed by atoms with E-state index in [1.54, 1.807) is 13.2 Å². The molecule has 0 heterocycles. The van der Waals surface area contributed by atoms with E-state index in [4.69, 9.17) is 22.8 Å². The van der Waals surface area contributed by atoms with E-state index < -0.39 is 0 Å². The first-order valence-corrected chi connectivity index (χ1v) is 5.53. The summed E-state index contributed by atoms with van der Waals surface area (Å²) in [5.41, 5.74) is 2.71. The van der Waals surface area contributed by atoms with E-state index in [0.29, 0.717) is 5.02 Å². The van der Waals surface area contributed by atoms with E-state index in [-0.39, 0.29) is 0 Å². The number of halogens is 1. The van der Waals surface area contributed by atoms with Crippen molar-refractivity contribution in [3.05, 3.63) is 53.1 Å². The lowest BCUT2D eigenvalue weighted by Gasteiger charge is -2.08. The molecule has 0 radical (unpaired) electrons. The highest BCUT2D eigenvalue weighted by Gasteiger charge is 2.07. The van der Waals surface area contributed by atoms with Crippen molar-refractivity contribution in [2.75, 3.05) is 7.11 Å². The highest BCUT2D eigenvalue weighted by molar-refractivity contribution is 6.33. The van der Waals surface area contributed by atoms with Crippen molar-refractivity contribution in [2.45, 2.75) is 0 Å². The van der Waals surface area contributed by atoms with Gasteiger partial charge in [-0.2, -0.15) is 0 Å². The maximum absolute atomic E-state index is 6.22. The van der Waals surface area contributed by atoms with Gasteiger partial charge in [-0.3, -0.25) is 0 Å². The first-order chi connectivity index (χ1) is 8.26. The minimum absolute atomic E-state index is 0.632. The van der Waals surface area contributed by atoms with Crippen molar-refractivity contribution in [3.8, 4) is 29.2 Å². The normalized spacial score (nSPS) is 9.71. The molecule has 0 saturated carbocycles. The van der Waals surface area contributed by atoms with Crippen LogP contribution in [0, 0.1) is 12.3 Å². The molecule has 0 saturated heterocycles. The Morgan fingerprint density at radius 2 is 1.88 bits per heavy atom. The van der Waals surface area contributed by atoms with Crippen LogP contribution in [0.15, 0.2) is 42.5 Å². The van der Waals surface area contributed by atoms with Crippen LogP contribution in [0.1, 0.15) is 5.56 Å². The van der Waals surface area contributed by atoms with Crippen LogP contribution in [-0.2, 0) is 0 Å². The first kappa shape index (κ1) is 11.6. The monoisotopic (exact) mass is 242 g/mol. The topological polar surface area (TPSA) is 9.23 Å². The number of ether oxygens (including phenoxy) is 1. The molecule has 0 aliphatic heterocycles. The molecule has 0 unspecified atom stereocenters. The van der Waals surface area contributed by atoms with Gasteiger partial charge in [0.05, 0.1) is 12.1 Å². The van der Waals surface area contributed by atoms with Crippen molar-refractivity contribution < 1.29 is 4.74 Å². The van der Waals surface area contributed by atoms with Crippen LogP contribution in [0.2, 0.25) is 5.02 Å². The minimum atomic E-state index is 0.632. The Morgan fingerprint density at radius 3 is 2.53 bits per heavy atom. The highest BCUT2D eigenvalue weighted by atomic mass is 35.5. The van der Waals surface area contributed by atoms with Crippen LogP contribution in [0.5, 0.6) is 5.75 Å². The molecule has 0 atom stereocenters. The Bertz CT molecular complexity index is 582. The van der Waals surface area contributed by atoms with Gasteiger partial charge in [0.2, 0.25) is 0 Å². The maximum Gasteiger partial charge on any atom is 0.120 e. The second kappa shape index (κ2) is 4.95. The summed E-state index contributed by atoms with van der Waals surface area (Å²) in [4.78, 5) is 0. The first-order valence-electron chi connectivity index (χ1n) is 5.16. The number of hydrogen-bond donors (Lipinski definition) is 0. The third-order valence-electron chi connectivity index (χ3n) is 2.55. The van der Waals surface area contributed by atoms with Crippen molar-refractivity contribution in [2.24, 2.45) is 0 Å². The molecule has 0 bridgehead atoms. The van der Waals surface area contributed by atoms with Gasteiger partial charge in [-0.25, -0.2) is 0 Å². The quantitative estimate of drug-likeness (QED) is 0.724. The lowest BCUT2D eigenvalue weighted by Crippen LogP contribution is -1.87. The zero-order valence-corrected chi connectivity index (χ0v) is 10.2. The Balaban J connectivity index is 2.58. The molecular formula is C15H11ClO. The molecule has 0 aromatic heterocycles. The number of rotatable bonds is 2. The molecule has 84 valence electrons. The molecule has 0 aliphatic carbocycles. The van der Waals surface area contributed by atoms with Gasteiger partial charge in [0.1, 0.15) is 5.75 Å². The maximum atomic E-state index is 6.22. The van der Waals surface area contributed by atoms with E-state index in [0.717, 1.165) is 22.4 Å². The second-order valence-corrected chi connectivity index (χ2v) is 3.94. The van der Waals surface area contributed by atoms with Gasteiger partial charge in [0.25, 0.3) is 0 Å². The van der Waals surface area contributed by atoms with Crippen molar-refractivity contribution >= 4 is 11.6 Å². The third kappa shape index (κ3) is 2.27. The molecule has 2 heteroatoms. The molecule has 1 nitrogen and oxygen atoms in total. The molecule has 2 aromatic rings. The average Bonchev–Trinajstić information content (AvgIpc) is 2.38. The predicted molar refractivity (Wildman–Crippen MR) is 71.4 cm³/mol. The molecule has 2 aromatic carbocycles. The summed E-state index contributed by atoms with van der Waals surface area (Å²) in [5.74, 6) is 3.39. The van der Waals surface area contributed by atoms with E-state index in [1.165, 1.54) is 0 Å². The van der Waals surface area contributed by atoms with Crippen LogP contribution in [-0.4, -0.2) is 7.11 Å². The zero-order valence-electron chi connectivity index (χ0n) is 9.41. The van der Waals surface area contributed by atoms with Gasteiger partial charge >= 0.3 is 0 Å². The van der Waals surface area contributed by atoms with Crippen LogP contribution < -0.4 is 4.74 Å². The van der Waals surface area contributed by atoms with Gasteiger partial charge in [-0.15, -0.1) is 6.42 Å². The predicted octanol–water partition coefficient (Wildman–Crippen LogP) is 4.00. The van der Waals surface area contributed by atoms with Gasteiger partial charge in [-0.05, 0) is 29.8 Å². The largest absolute Gasteiger partial charge is 0.497 e.